The average Bonchev–Trinajstić information content (AvgIpc) is 2.33. The molecule has 0 aromatic carbocycles. The molecule has 0 atom stereocenters. The van der Waals surface area contributed by atoms with Crippen molar-refractivity contribution in [2.75, 3.05) is 0 Å². The van der Waals surface area contributed by atoms with E-state index in [1.54, 1.807) is 0 Å². The van der Waals surface area contributed by atoms with E-state index in [1.807, 2.05) is 0 Å². The van der Waals surface area contributed by atoms with Crippen LogP contribution >= 0.6 is 11.6 Å². The summed E-state index contributed by atoms with van der Waals surface area (Å²) < 4.78 is 78.0. The Hall–Kier alpha value is -1.91. The van der Waals surface area contributed by atoms with Gasteiger partial charge in [0.25, 0.3) is 6.10 Å². The van der Waals surface area contributed by atoms with Gasteiger partial charge in [-0.15, -0.1) is 0 Å². The third-order valence-electron chi connectivity index (χ3n) is 2.06. The molecule has 118 valence electrons. The van der Waals surface area contributed by atoms with Crippen molar-refractivity contribution < 1.29 is 36.3 Å². The molecule has 0 unspecified atom stereocenters. The first-order valence-electron chi connectivity index (χ1n) is 4.91. The Labute approximate surface area is 118 Å². The summed E-state index contributed by atoms with van der Waals surface area (Å²) >= 11 is 5.53. The maximum Gasteiger partial charge on any atom is 0.434 e. The van der Waals surface area contributed by atoms with Crippen LogP contribution in [0.25, 0.3) is 0 Å². The Morgan fingerprint density at radius 2 is 1.81 bits per heavy atom. The molecule has 0 saturated carbocycles. The second kappa shape index (κ2) is 5.84. The monoisotopic (exact) mass is 337 g/mol. The van der Waals surface area contributed by atoms with Crippen LogP contribution in [-0.4, -0.2) is 34.5 Å². The van der Waals surface area contributed by atoms with Gasteiger partial charge in [0.05, 0.1) is 0 Å². The number of rotatable bonds is 3. The molecule has 21 heavy (non-hydrogen) atoms. The largest absolute Gasteiger partial charge is 0.454 e. The standard InChI is InChI=1S/C9H6ClF6N3O2/c10-4-3(5(17)19-20)1-2-18-6(4)21-7(8(11,12)13)9(14,15)16/h1-2,7,20H,(H2,17,19). The molecule has 1 rings (SSSR count). The van der Waals surface area contributed by atoms with Crippen LogP contribution in [0, 0.1) is 0 Å². The van der Waals surface area contributed by atoms with Crippen LogP contribution in [0.3, 0.4) is 0 Å². The van der Waals surface area contributed by atoms with Crippen LogP contribution in [0.1, 0.15) is 5.56 Å². The number of hydrogen-bond donors (Lipinski definition) is 2. The molecule has 0 aliphatic carbocycles. The lowest BCUT2D eigenvalue weighted by Gasteiger charge is -2.23. The molecule has 0 fully saturated rings. The molecule has 0 saturated heterocycles. The van der Waals surface area contributed by atoms with Gasteiger partial charge in [0.1, 0.15) is 5.02 Å². The van der Waals surface area contributed by atoms with Crippen LogP contribution in [0.5, 0.6) is 5.88 Å². The zero-order chi connectivity index (χ0) is 16.4. The fourth-order valence-corrected chi connectivity index (χ4v) is 1.44. The molecule has 12 heteroatoms. The van der Waals surface area contributed by atoms with Crippen LogP contribution < -0.4 is 10.5 Å². The van der Waals surface area contributed by atoms with E-state index in [0.717, 1.165) is 12.3 Å². The Bertz CT molecular complexity index is 531. The molecular formula is C9H6ClF6N3O2. The maximum absolute atomic E-state index is 12.4. The molecule has 3 N–H and O–H groups in total. The van der Waals surface area contributed by atoms with E-state index in [0.29, 0.717) is 0 Å². The van der Waals surface area contributed by atoms with Gasteiger partial charge in [0.15, 0.2) is 5.84 Å². The molecule has 0 aliphatic heterocycles. The number of aromatic nitrogens is 1. The molecular weight excluding hydrogens is 332 g/mol. The molecule has 1 aromatic rings. The summed E-state index contributed by atoms with van der Waals surface area (Å²) in [6.45, 7) is 0. The van der Waals surface area contributed by atoms with Gasteiger partial charge < -0.3 is 15.7 Å². The number of oxime groups is 1. The quantitative estimate of drug-likeness (QED) is 0.292. The van der Waals surface area contributed by atoms with Gasteiger partial charge in [-0.1, -0.05) is 16.8 Å². The Morgan fingerprint density at radius 1 is 1.29 bits per heavy atom. The zero-order valence-electron chi connectivity index (χ0n) is 9.71. The summed E-state index contributed by atoms with van der Waals surface area (Å²) in [5, 5.41) is 10.2. The van der Waals surface area contributed by atoms with Crippen LogP contribution in [0.15, 0.2) is 17.4 Å². The third-order valence-corrected chi connectivity index (χ3v) is 2.43. The Balaban J connectivity index is 3.23. The van der Waals surface area contributed by atoms with Crippen molar-refractivity contribution in [2.45, 2.75) is 18.5 Å². The summed E-state index contributed by atoms with van der Waals surface area (Å²) in [4.78, 5) is 3.18. The molecule has 0 spiro atoms. The predicted octanol–water partition coefficient (Wildman–Crippen LogP) is 2.70. The van der Waals surface area contributed by atoms with Crippen molar-refractivity contribution in [1.82, 2.24) is 4.98 Å². The summed E-state index contributed by atoms with van der Waals surface area (Å²) in [5.41, 5.74) is 4.81. The van der Waals surface area contributed by atoms with Crippen molar-refractivity contribution in [3.63, 3.8) is 0 Å². The lowest BCUT2D eigenvalue weighted by atomic mass is 10.2. The Morgan fingerprint density at radius 3 is 2.24 bits per heavy atom. The molecule has 1 heterocycles. The number of nitrogens with two attached hydrogens (primary N) is 1. The van der Waals surface area contributed by atoms with E-state index in [2.05, 4.69) is 14.9 Å². The minimum Gasteiger partial charge on any atom is -0.454 e. The van der Waals surface area contributed by atoms with E-state index >= 15 is 0 Å². The number of amidine groups is 1. The molecule has 0 bridgehead atoms. The minimum absolute atomic E-state index is 0.340. The molecule has 5 nitrogen and oxygen atoms in total. The predicted molar refractivity (Wildman–Crippen MR) is 58.3 cm³/mol. The first-order valence-corrected chi connectivity index (χ1v) is 5.28. The van der Waals surface area contributed by atoms with Gasteiger partial charge in [0.2, 0.25) is 5.88 Å². The highest BCUT2D eigenvalue weighted by Gasteiger charge is 2.59. The van der Waals surface area contributed by atoms with Crippen molar-refractivity contribution in [3.05, 3.63) is 22.8 Å². The second-order valence-electron chi connectivity index (χ2n) is 3.54. The summed E-state index contributed by atoms with van der Waals surface area (Å²) in [5.74, 6) is -1.79. The van der Waals surface area contributed by atoms with Gasteiger partial charge >= 0.3 is 12.4 Å². The normalized spacial score (nSPS) is 13.6. The van der Waals surface area contributed by atoms with Crippen LogP contribution in [-0.2, 0) is 0 Å². The zero-order valence-corrected chi connectivity index (χ0v) is 10.5. The van der Waals surface area contributed by atoms with Gasteiger partial charge in [-0.25, -0.2) is 4.98 Å². The van der Waals surface area contributed by atoms with E-state index in [4.69, 9.17) is 22.5 Å². The van der Waals surface area contributed by atoms with E-state index in [-0.39, 0.29) is 5.56 Å². The minimum atomic E-state index is -5.73. The van der Waals surface area contributed by atoms with Gasteiger partial charge in [-0.3, -0.25) is 0 Å². The first-order chi connectivity index (χ1) is 9.48. The number of pyridine rings is 1. The van der Waals surface area contributed by atoms with Crippen molar-refractivity contribution >= 4 is 17.4 Å². The van der Waals surface area contributed by atoms with E-state index in [1.165, 1.54) is 0 Å². The lowest BCUT2D eigenvalue weighted by Crippen LogP contribution is -2.46. The maximum atomic E-state index is 12.4. The third kappa shape index (κ3) is 4.03. The van der Waals surface area contributed by atoms with E-state index < -0.39 is 35.2 Å². The number of hydrogen-bond acceptors (Lipinski definition) is 4. The van der Waals surface area contributed by atoms with Gasteiger partial charge in [0, 0.05) is 11.8 Å². The number of alkyl halides is 6. The summed E-state index contributed by atoms with van der Waals surface area (Å²) in [6.07, 6.45) is -14.8. The van der Waals surface area contributed by atoms with Crippen molar-refractivity contribution in [3.8, 4) is 5.88 Å². The first kappa shape index (κ1) is 17.1. The summed E-state index contributed by atoms with van der Waals surface area (Å²) in [7, 11) is 0. The highest BCUT2D eigenvalue weighted by Crippen LogP contribution is 2.38. The smallest absolute Gasteiger partial charge is 0.434 e. The molecule has 1 aromatic heterocycles. The van der Waals surface area contributed by atoms with Crippen molar-refractivity contribution in [1.29, 1.82) is 0 Å². The Kier molecular flexibility index (Phi) is 4.76. The van der Waals surface area contributed by atoms with Crippen LogP contribution in [0.4, 0.5) is 26.3 Å². The number of ether oxygens (including phenoxy) is 1. The lowest BCUT2D eigenvalue weighted by molar-refractivity contribution is -0.300. The molecule has 0 aliphatic rings. The number of halogens is 7. The number of nitrogens with zero attached hydrogens (tertiary/aromatic N) is 2. The topological polar surface area (TPSA) is 80.7 Å². The van der Waals surface area contributed by atoms with Crippen molar-refractivity contribution in [2.24, 2.45) is 10.9 Å². The fraction of sp³-hybridized carbons (Fsp3) is 0.333. The molecule has 0 amide bonds. The van der Waals surface area contributed by atoms with E-state index in [9.17, 15) is 26.3 Å². The molecule has 0 radical (unpaired) electrons. The fourth-order valence-electron chi connectivity index (χ4n) is 1.19. The highest BCUT2D eigenvalue weighted by atomic mass is 35.5. The second-order valence-corrected chi connectivity index (χ2v) is 3.92. The van der Waals surface area contributed by atoms with Gasteiger partial charge in [-0.05, 0) is 6.07 Å². The summed E-state index contributed by atoms with van der Waals surface area (Å²) in [6, 6.07) is 1.01. The SMILES string of the molecule is N/C(=N/O)c1ccnc(OC(C(F)(F)F)C(F)(F)F)c1Cl. The van der Waals surface area contributed by atoms with Crippen LogP contribution in [0.2, 0.25) is 5.02 Å². The highest BCUT2D eigenvalue weighted by molar-refractivity contribution is 6.35. The average molecular weight is 338 g/mol. The van der Waals surface area contributed by atoms with Gasteiger partial charge in [-0.2, -0.15) is 26.3 Å².